The predicted octanol–water partition coefficient (Wildman–Crippen LogP) is 2.51. The number of fused-ring (bicyclic) bond motifs is 2. The second-order valence-electron chi connectivity index (χ2n) is 6.89. The van der Waals surface area contributed by atoms with Gasteiger partial charge in [0, 0.05) is 29.9 Å². The average molecular weight is 390 g/mol. The van der Waals surface area contributed by atoms with Gasteiger partial charge in [-0.3, -0.25) is 9.20 Å². The van der Waals surface area contributed by atoms with Crippen molar-refractivity contribution in [1.29, 1.82) is 0 Å². The number of benzene rings is 1. The highest BCUT2D eigenvalue weighted by atomic mass is 16.5. The van der Waals surface area contributed by atoms with E-state index in [1.54, 1.807) is 10.6 Å². The number of amides is 1. The summed E-state index contributed by atoms with van der Waals surface area (Å²) in [6.07, 6.45) is 5.76. The summed E-state index contributed by atoms with van der Waals surface area (Å²) in [5.74, 6) is 1.98. The smallest absolute Gasteiger partial charge is 0.270 e. The number of carbonyl (C=O) groups is 1. The number of aromatic nitrogens is 5. The maximum atomic E-state index is 12.8. The summed E-state index contributed by atoms with van der Waals surface area (Å²) in [5.41, 5.74) is 3.06. The van der Waals surface area contributed by atoms with E-state index in [1.807, 2.05) is 38.2 Å². The molecule has 9 heteroatoms. The van der Waals surface area contributed by atoms with Crippen LogP contribution in [-0.2, 0) is 6.42 Å². The van der Waals surface area contributed by atoms with Crippen LogP contribution in [-0.4, -0.2) is 37.1 Å². The van der Waals surface area contributed by atoms with E-state index in [1.165, 1.54) is 6.20 Å². The van der Waals surface area contributed by atoms with Crippen LogP contribution in [0, 0.1) is 6.92 Å². The van der Waals surface area contributed by atoms with Crippen LogP contribution in [0.2, 0.25) is 0 Å². The predicted molar refractivity (Wildman–Crippen MR) is 103 cm³/mol. The van der Waals surface area contributed by atoms with Gasteiger partial charge in [-0.05, 0) is 24.6 Å². The number of rotatable bonds is 4. The summed E-state index contributed by atoms with van der Waals surface area (Å²) in [4.78, 5) is 21.2. The maximum absolute atomic E-state index is 12.8. The van der Waals surface area contributed by atoms with Crippen LogP contribution < -0.4 is 10.1 Å². The van der Waals surface area contributed by atoms with Crippen LogP contribution in [0.3, 0.4) is 0 Å². The molecule has 29 heavy (non-hydrogen) atoms. The fourth-order valence-corrected chi connectivity index (χ4v) is 3.35. The third kappa shape index (κ3) is 3.00. The van der Waals surface area contributed by atoms with Crippen LogP contribution >= 0.6 is 0 Å². The van der Waals surface area contributed by atoms with E-state index in [0.717, 1.165) is 16.7 Å². The van der Waals surface area contributed by atoms with Crippen LogP contribution in [0.4, 0.5) is 0 Å². The van der Waals surface area contributed by atoms with Gasteiger partial charge in [-0.2, -0.15) is 0 Å². The van der Waals surface area contributed by atoms with Gasteiger partial charge in [0.15, 0.2) is 0 Å². The van der Waals surface area contributed by atoms with Gasteiger partial charge in [0.2, 0.25) is 17.6 Å². The van der Waals surface area contributed by atoms with E-state index >= 15 is 0 Å². The molecule has 1 aliphatic rings. The van der Waals surface area contributed by atoms with Gasteiger partial charge in [-0.25, -0.2) is 9.97 Å². The van der Waals surface area contributed by atoms with Gasteiger partial charge in [-0.1, -0.05) is 13.0 Å². The molecule has 3 aromatic heterocycles. The second kappa shape index (κ2) is 6.69. The minimum Gasteiger partial charge on any atom is -0.491 e. The van der Waals surface area contributed by atoms with Crippen molar-refractivity contribution in [2.24, 2.45) is 0 Å². The summed E-state index contributed by atoms with van der Waals surface area (Å²) in [6.45, 7) is 4.22. The Balaban J connectivity index is 1.39. The lowest BCUT2D eigenvalue weighted by molar-refractivity contribution is 0.0924. The van der Waals surface area contributed by atoms with Crippen molar-refractivity contribution in [2.45, 2.75) is 26.3 Å². The highest BCUT2D eigenvalue weighted by Gasteiger charge is 2.28. The lowest BCUT2D eigenvalue weighted by Crippen LogP contribution is -2.30. The normalized spacial score (nSPS) is 15.3. The van der Waals surface area contributed by atoms with E-state index < -0.39 is 0 Å². The van der Waals surface area contributed by atoms with Crippen LogP contribution in [0.15, 0.2) is 41.2 Å². The Morgan fingerprint density at radius 1 is 1.28 bits per heavy atom. The summed E-state index contributed by atoms with van der Waals surface area (Å²) in [7, 11) is 0. The minimum atomic E-state index is -0.260. The van der Waals surface area contributed by atoms with Gasteiger partial charge in [-0.15, -0.1) is 10.2 Å². The fourth-order valence-electron chi connectivity index (χ4n) is 3.35. The van der Waals surface area contributed by atoms with E-state index in [2.05, 4.69) is 25.5 Å². The summed E-state index contributed by atoms with van der Waals surface area (Å²) in [6, 6.07) is 5.40. The monoisotopic (exact) mass is 390 g/mol. The first kappa shape index (κ1) is 17.4. The molecule has 4 aromatic rings. The Labute approximate surface area is 165 Å². The number of hydrogen-bond donors (Lipinski definition) is 1. The van der Waals surface area contributed by atoms with Crippen molar-refractivity contribution >= 4 is 11.7 Å². The molecule has 1 aromatic carbocycles. The summed E-state index contributed by atoms with van der Waals surface area (Å²) < 4.78 is 13.1. The number of aryl methyl sites for hydroxylation is 2. The van der Waals surface area contributed by atoms with Crippen molar-refractivity contribution in [2.75, 3.05) is 6.61 Å². The molecule has 0 radical (unpaired) electrons. The van der Waals surface area contributed by atoms with E-state index in [0.29, 0.717) is 42.0 Å². The lowest BCUT2D eigenvalue weighted by atomic mass is 10.1. The van der Waals surface area contributed by atoms with Gasteiger partial charge >= 0.3 is 0 Å². The average Bonchev–Trinajstić information content (AvgIpc) is 3.45. The number of nitrogens with zero attached hydrogens (tertiary/aromatic N) is 5. The molecule has 9 nitrogen and oxygen atoms in total. The molecule has 0 spiro atoms. The Kier molecular flexibility index (Phi) is 4.01. The molecule has 0 saturated carbocycles. The van der Waals surface area contributed by atoms with E-state index in [-0.39, 0.29) is 11.9 Å². The summed E-state index contributed by atoms with van der Waals surface area (Å²) in [5, 5.41) is 11.1. The number of imidazole rings is 1. The molecule has 0 fully saturated rings. The van der Waals surface area contributed by atoms with Gasteiger partial charge in [0.1, 0.15) is 18.1 Å². The Hall–Kier alpha value is -3.75. The van der Waals surface area contributed by atoms with Gasteiger partial charge in [0.25, 0.3) is 5.91 Å². The molecule has 0 saturated heterocycles. The zero-order valence-corrected chi connectivity index (χ0v) is 15.9. The van der Waals surface area contributed by atoms with Crippen molar-refractivity contribution < 1.29 is 13.9 Å². The molecule has 146 valence electrons. The van der Waals surface area contributed by atoms with Crippen molar-refractivity contribution in [3.05, 3.63) is 59.5 Å². The van der Waals surface area contributed by atoms with E-state index in [4.69, 9.17) is 9.15 Å². The van der Waals surface area contributed by atoms with Crippen LogP contribution in [0.5, 0.6) is 5.75 Å². The molecule has 4 heterocycles. The standard InChI is InChI=1S/C20H18N6O3/c1-3-17-24-25-19(29-17)12-4-5-13-14(10-28-16(13)6-12)23-18(27)15-8-22-20-21-7-11(2)9-26(15)20/h4-9,14H,3,10H2,1-2H3,(H,23,27)/t14-/m1/s1. The second-order valence-corrected chi connectivity index (χ2v) is 6.89. The zero-order chi connectivity index (χ0) is 20.0. The van der Waals surface area contributed by atoms with Crippen molar-refractivity contribution in [3.8, 4) is 17.2 Å². The number of hydrogen-bond acceptors (Lipinski definition) is 7. The number of ether oxygens (including phenoxy) is 1. The molecule has 1 amide bonds. The van der Waals surface area contributed by atoms with E-state index in [9.17, 15) is 4.79 Å². The Morgan fingerprint density at radius 3 is 2.97 bits per heavy atom. The summed E-state index contributed by atoms with van der Waals surface area (Å²) >= 11 is 0. The van der Waals surface area contributed by atoms with Crippen molar-refractivity contribution in [3.63, 3.8) is 0 Å². The highest BCUT2D eigenvalue weighted by molar-refractivity contribution is 5.93. The molecule has 1 N–H and O–H groups in total. The Bertz CT molecular complexity index is 1230. The highest BCUT2D eigenvalue weighted by Crippen LogP contribution is 2.35. The molecular weight excluding hydrogens is 372 g/mol. The number of nitrogens with one attached hydrogen (secondary N) is 1. The van der Waals surface area contributed by atoms with Gasteiger partial charge in [0.05, 0.1) is 12.2 Å². The molecule has 1 atom stereocenters. The molecular formula is C20H18N6O3. The first-order valence-corrected chi connectivity index (χ1v) is 9.32. The third-order valence-corrected chi connectivity index (χ3v) is 4.84. The molecule has 5 rings (SSSR count). The number of carbonyl (C=O) groups excluding carboxylic acids is 1. The molecule has 0 bridgehead atoms. The van der Waals surface area contributed by atoms with Crippen molar-refractivity contribution in [1.82, 2.24) is 29.9 Å². The van der Waals surface area contributed by atoms with Gasteiger partial charge < -0.3 is 14.5 Å². The molecule has 0 unspecified atom stereocenters. The molecule has 0 aliphatic carbocycles. The first-order valence-electron chi connectivity index (χ1n) is 9.32. The third-order valence-electron chi connectivity index (χ3n) is 4.84. The maximum Gasteiger partial charge on any atom is 0.270 e. The fraction of sp³-hybridized carbons (Fsp3) is 0.250. The largest absolute Gasteiger partial charge is 0.491 e. The topological polar surface area (TPSA) is 107 Å². The Morgan fingerprint density at radius 2 is 2.14 bits per heavy atom. The SMILES string of the molecule is CCc1nnc(-c2ccc3c(c2)OC[C@H]3NC(=O)c2cnc3ncc(C)cn23)o1. The van der Waals surface area contributed by atoms with Crippen LogP contribution in [0.25, 0.3) is 17.2 Å². The first-order chi connectivity index (χ1) is 14.1. The lowest BCUT2D eigenvalue weighted by Gasteiger charge is -2.11. The zero-order valence-electron chi connectivity index (χ0n) is 15.9. The molecule has 1 aliphatic heterocycles. The minimum absolute atomic E-state index is 0.236. The quantitative estimate of drug-likeness (QED) is 0.570. The van der Waals surface area contributed by atoms with Crippen LogP contribution in [0.1, 0.15) is 40.5 Å².